The molecule has 0 aromatic rings. The van der Waals surface area contributed by atoms with E-state index >= 15 is 0 Å². The first-order chi connectivity index (χ1) is 4.04. The van der Waals surface area contributed by atoms with Crippen molar-refractivity contribution >= 4 is 5.78 Å². The van der Waals surface area contributed by atoms with Crippen molar-refractivity contribution in [1.82, 2.24) is 0 Å². The predicted octanol–water partition coefficient (Wildman–Crippen LogP) is 0.683. The van der Waals surface area contributed by atoms with Gasteiger partial charge in [-0.1, -0.05) is 13.5 Å². The Morgan fingerprint density at radius 1 is 1.89 bits per heavy atom. The number of rotatable bonds is 3. The molecule has 9 heavy (non-hydrogen) atoms. The molecule has 0 saturated carbocycles. The summed E-state index contributed by atoms with van der Waals surface area (Å²) in [5, 5.41) is 0. The summed E-state index contributed by atoms with van der Waals surface area (Å²) in [4.78, 5) is 10.8. The Morgan fingerprint density at radius 2 is 2.33 bits per heavy atom. The third-order valence-electron chi connectivity index (χ3n) is 1.27. The molecule has 0 aliphatic rings. The predicted molar refractivity (Wildman–Crippen MR) is 37.8 cm³/mol. The number of hydrogen-bond acceptors (Lipinski definition) is 2. The summed E-state index contributed by atoms with van der Waals surface area (Å²) in [5.41, 5.74) is 4.67. The van der Waals surface area contributed by atoms with Crippen molar-refractivity contribution in [2.24, 2.45) is 5.73 Å². The second-order valence-electron chi connectivity index (χ2n) is 2.24. The molecule has 0 fully saturated rings. The van der Waals surface area contributed by atoms with Crippen LogP contribution >= 0.6 is 0 Å². The molecule has 0 aliphatic heterocycles. The van der Waals surface area contributed by atoms with E-state index in [0.717, 1.165) is 0 Å². The molecule has 2 N–H and O–H groups in total. The van der Waals surface area contributed by atoms with Crippen LogP contribution in [0.2, 0.25) is 0 Å². The fourth-order valence-electron chi connectivity index (χ4n) is 0.356. The van der Waals surface area contributed by atoms with E-state index in [0.29, 0.717) is 6.42 Å². The zero-order valence-corrected chi connectivity index (χ0v) is 5.68. The average Bonchev–Trinajstić information content (AvgIpc) is 1.86. The van der Waals surface area contributed by atoms with Gasteiger partial charge in [-0.2, -0.15) is 0 Å². The van der Waals surface area contributed by atoms with Gasteiger partial charge in [-0.3, -0.25) is 4.79 Å². The SMILES string of the molecule is [CH2]CC(C)(N)C(=O)C=C. The normalized spacial score (nSPS) is 16.3. The molecule has 0 aromatic carbocycles. The van der Waals surface area contributed by atoms with E-state index in [1.807, 2.05) is 0 Å². The third-order valence-corrected chi connectivity index (χ3v) is 1.27. The first-order valence-electron chi connectivity index (χ1n) is 2.79. The molecule has 0 saturated heterocycles. The van der Waals surface area contributed by atoms with Crippen LogP contribution in [0.15, 0.2) is 12.7 Å². The highest BCUT2D eigenvalue weighted by atomic mass is 16.1. The molecule has 0 aliphatic carbocycles. The standard InChI is InChI=1S/C7H12NO/c1-4-6(9)7(3,8)5-2/h4H,1-2,5,8H2,3H3. The molecule has 51 valence electrons. The number of carbonyl (C=O) groups is 1. The molecule has 2 heteroatoms. The zero-order valence-electron chi connectivity index (χ0n) is 5.68. The first kappa shape index (κ1) is 8.37. The van der Waals surface area contributed by atoms with Gasteiger partial charge in [-0.25, -0.2) is 0 Å². The quantitative estimate of drug-likeness (QED) is 0.565. The lowest BCUT2D eigenvalue weighted by molar-refractivity contribution is -0.118. The van der Waals surface area contributed by atoms with Crippen LogP contribution in [0.25, 0.3) is 0 Å². The largest absolute Gasteiger partial charge is 0.319 e. The highest BCUT2D eigenvalue weighted by Crippen LogP contribution is 2.05. The molecule has 1 atom stereocenters. The minimum Gasteiger partial charge on any atom is -0.319 e. The van der Waals surface area contributed by atoms with Crippen molar-refractivity contribution in [3.8, 4) is 0 Å². The Bertz CT molecular complexity index is 127. The summed E-state index contributed by atoms with van der Waals surface area (Å²) in [6, 6.07) is 0. The van der Waals surface area contributed by atoms with Crippen molar-refractivity contribution in [1.29, 1.82) is 0 Å². The topological polar surface area (TPSA) is 43.1 Å². The number of hydrogen-bond donors (Lipinski definition) is 1. The van der Waals surface area contributed by atoms with E-state index in [-0.39, 0.29) is 5.78 Å². The van der Waals surface area contributed by atoms with Crippen LogP contribution < -0.4 is 5.73 Å². The van der Waals surface area contributed by atoms with Gasteiger partial charge in [0.05, 0.1) is 5.54 Å². The molecule has 0 rings (SSSR count). The van der Waals surface area contributed by atoms with Crippen LogP contribution in [0, 0.1) is 6.92 Å². The summed E-state index contributed by atoms with van der Waals surface area (Å²) in [6.45, 7) is 8.49. The van der Waals surface area contributed by atoms with E-state index in [9.17, 15) is 4.79 Å². The van der Waals surface area contributed by atoms with E-state index in [1.54, 1.807) is 6.92 Å². The third kappa shape index (κ3) is 1.98. The summed E-state index contributed by atoms with van der Waals surface area (Å²) in [5.74, 6) is -0.155. The van der Waals surface area contributed by atoms with E-state index in [4.69, 9.17) is 5.73 Å². The van der Waals surface area contributed by atoms with Crippen molar-refractivity contribution in [2.75, 3.05) is 0 Å². The highest BCUT2D eigenvalue weighted by Gasteiger charge is 2.22. The Morgan fingerprint density at radius 3 is 2.44 bits per heavy atom. The molecule has 0 heterocycles. The van der Waals surface area contributed by atoms with Crippen LogP contribution in [-0.4, -0.2) is 11.3 Å². The Kier molecular flexibility index (Phi) is 2.59. The maximum atomic E-state index is 10.8. The Labute approximate surface area is 55.7 Å². The second-order valence-corrected chi connectivity index (χ2v) is 2.24. The molecule has 1 unspecified atom stereocenters. The lowest BCUT2D eigenvalue weighted by atomic mass is 9.95. The fourth-order valence-corrected chi connectivity index (χ4v) is 0.356. The van der Waals surface area contributed by atoms with Crippen molar-refractivity contribution in [3.05, 3.63) is 19.6 Å². The summed E-state index contributed by atoms with van der Waals surface area (Å²) < 4.78 is 0. The van der Waals surface area contributed by atoms with Gasteiger partial charge in [0.15, 0.2) is 5.78 Å². The maximum Gasteiger partial charge on any atom is 0.174 e. The van der Waals surface area contributed by atoms with Crippen LogP contribution in [0.4, 0.5) is 0 Å². The zero-order chi connectivity index (χ0) is 7.49. The van der Waals surface area contributed by atoms with Crippen molar-refractivity contribution in [3.63, 3.8) is 0 Å². The summed E-state index contributed by atoms with van der Waals surface area (Å²) in [6.07, 6.45) is 1.63. The van der Waals surface area contributed by atoms with Gasteiger partial charge < -0.3 is 5.73 Å². The Balaban J connectivity index is 4.13. The molecule has 1 radical (unpaired) electrons. The summed E-state index contributed by atoms with van der Waals surface area (Å²) >= 11 is 0. The van der Waals surface area contributed by atoms with Crippen LogP contribution in [0.5, 0.6) is 0 Å². The molecule has 0 spiro atoms. The first-order valence-corrected chi connectivity index (χ1v) is 2.79. The fraction of sp³-hybridized carbons (Fsp3) is 0.429. The summed E-state index contributed by atoms with van der Waals surface area (Å²) in [7, 11) is 0. The average molecular weight is 126 g/mol. The maximum absolute atomic E-state index is 10.8. The molecule has 0 bridgehead atoms. The van der Waals surface area contributed by atoms with Gasteiger partial charge in [0.25, 0.3) is 0 Å². The molecule has 2 nitrogen and oxygen atoms in total. The van der Waals surface area contributed by atoms with Crippen LogP contribution in [0.1, 0.15) is 13.3 Å². The van der Waals surface area contributed by atoms with Crippen LogP contribution in [0.3, 0.4) is 0 Å². The smallest absolute Gasteiger partial charge is 0.174 e. The van der Waals surface area contributed by atoms with Gasteiger partial charge in [0.2, 0.25) is 0 Å². The van der Waals surface area contributed by atoms with Gasteiger partial charge in [0, 0.05) is 0 Å². The number of nitrogens with two attached hydrogens (primary N) is 1. The van der Waals surface area contributed by atoms with Crippen LogP contribution in [-0.2, 0) is 4.79 Å². The van der Waals surface area contributed by atoms with E-state index in [1.165, 1.54) is 6.08 Å². The van der Waals surface area contributed by atoms with E-state index in [2.05, 4.69) is 13.5 Å². The van der Waals surface area contributed by atoms with Gasteiger partial charge in [-0.15, -0.1) is 0 Å². The molecular weight excluding hydrogens is 114 g/mol. The van der Waals surface area contributed by atoms with Crippen molar-refractivity contribution < 1.29 is 4.79 Å². The van der Waals surface area contributed by atoms with Crippen molar-refractivity contribution in [2.45, 2.75) is 18.9 Å². The lowest BCUT2D eigenvalue weighted by Crippen LogP contribution is -2.43. The highest BCUT2D eigenvalue weighted by molar-refractivity contribution is 5.96. The molecule has 0 aromatic heterocycles. The lowest BCUT2D eigenvalue weighted by Gasteiger charge is -2.17. The number of ketones is 1. The minimum absolute atomic E-state index is 0.155. The van der Waals surface area contributed by atoms with E-state index < -0.39 is 5.54 Å². The molecule has 0 amide bonds. The number of carbonyl (C=O) groups excluding carboxylic acids is 1. The molecular formula is C7H12NO. The Hall–Kier alpha value is -0.630. The second kappa shape index (κ2) is 2.78. The van der Waals surface area contributed by atoms with Gasteiger partial charge in [0.1, 0.15) is 0 Å². The monoisotopic (exact) mass is 126 g/mol. The van der Waals surface area contributed by atoms with Gasteiger partial charge >= 0.3 is 0 Å². The van der Waals surface area contributed by atoms with Gasteiger partial charge in [-0.05, 0) is 19.4 Å². The minimum atomic E-state index is -0.818.